The number of carboxylic acids is 1. The van der Waals surface area contributed by atoms with Crippen molar-refractivity contribution in [2.75, 3.05) is 13.2 Å². The minimum atomic E-state index is -1.14. The Balaban J connectivity index is 4.37. The quantitative estimate of drug-likeness (QED) is 0.660. The summed E-state index contributed by atoms with van der Waals surface area (Å²) in [6.07, 6.45) is -0.167. The molecule has 6 nitrogen and oxygen atoms in total. The summed E-state index contributed by atoms with van der Waals surface area (Å²) in [5, 5.41) is 11.5. The number of amides is 1. The van der Waals surface area contributed by atoms with E-state index in [1.807, 2.05) is 0 Å². The van der Waals surface area contributed by atoms with Crippen molar-refractivity contribution in [3.05, 3.63) is 0 Å². The van der Waals surface area contributed by atoms with Crippen LogP contribution in [0.3, 0.4) is 0 Å². The van der Waals surface area contributed by atoms with Crippen molar-refractivity contribution < 1.29 is 24.2 Å². The van der Waals surface area contributed by atoms with E-state index in [0.717, 1.165) is 0 Å². The number of carbonyl (C=O) groups excluding carboxylic acids is 2. The van der Waals surface area contributed by atoms with Crippen LogP contribution >= 0.6 is 0 Å². The van der Waals surface area contributed by atoms with Gasteiger partial charge in [-0.05, 0) is 19.8 Å². The number of esters is 1. The zero-order valence-electron chi connectivity index (χ0n) is 11.3. The van der Waals surface area contributed by atoms with Crippen molar-refractivity contribution in [3.8, 4) is 0 Å². The number of hydrogen-bond donors (Lipinski definition) is 2. The Kier molecular flexibility index (Phi) is 6.36. The molecule has 0 radical (unpaired) electrons. The second kappa shape index (κ2) is 6.98. The van der Waals surface area contributed by atoms with Crippen molar-refractivity contribution in [2.45, 2.75) is 34.1 Å². The van der Waals surface area contributed by atoms with Crippen LogP contribution in [0.2, 0.25) is 0 Å². The zero-order valence-corrected chi connectivity index (χ0v) is 11.3. The van der Waals surface area contributed by atoms with E-state index in [2.05, 4.69) is 10.1 Å². The molecule has 0 saturated carbocycles. The van der Waals surface area contributed by atoms with Crippen LogP contribution in [-0.4, -0.2) is 36.1 Å². The summed E-state index contributed by atoms with van der Waals surface area (Å²) < 4.78 is 4.65. The highest BCUT2D eigenvalue weighted by molar-refractivity contribution is 5.87. The van der Waals surface area contributed by atoms with Crippen molar-refractivity contribution in [2.24, 2.45) is 11.3 Å². The van der Waals surface area contributed by atoms with Gasteiger partial charge in [-0.3, -0.25) is 14.4 Å². The Morgan fingerprint density at radius 2 is 1.89 bits per heavy atom. The number of aliphatic carboxylic acids is 1. The fourth-order valence-corrected chi connectivity index (χ4v) is 1.31. The van der Waals surface area contributed by atoms with Gasteiger partial charge in [-0.2, -0.15) is 0 Å². The maximum Gasteiger partial charge on any atom is 0.325 e. The molecule has 0 heterocycles. The highest BCUT2D eigenvalue weighted by Gasteiger charge is 2.38. The van der Waals surface area contributed by atoms with Crippen LogP contribution < -0.4 is 5.32 Å². The first-order valence-corrected chi connectivity index (χ1v) is 5.89. The molecule has 104 valence electrons. The minimum Gasteiger partial charge on any atom is -0.481 e. The van der Waals surface area contributed by atoms with E-state index in [9.17, 15) is 14.4 Å². The van der Waals surface area contributed by atoms with E-state index in [1.54, 1.807) is 20.8 Å². The summed E-state index contributed by atoms with van der Waals surface area (Å²) in [7, 11) is 0. The highest BCUT2D eigenvalue weighted by Crippen LogP contribution is 2.31. The third kappa shape index (κ3) is 4.73. The number of ether oxygens (including phenoxy) is 1. The molecule has 1 atom stereocenters. The Morgan fingerprint density at radius 3 is 2.28 bits per heavy atom. The molecular formula is C12H21NO5. The highest BCUT2D eigenvalue weighted by atomic mass is 16.5. The maximum absolute atomic E-state index is 11.6. The molecule has 2 N–H and O–H groups in total. The van der Waals surface area contributed by atoms with E-state index < -0.39 is 23.3 Å². The lowest BCUT2D eigenvalue weighted by atomic mass is 9.76. The first-order chi connectivity index (χ1) is 8.24. The van der Waals surface area contributed by atoms with E-state index in [1.165, 1.54) is 6.92 Å². The molecular weight excluding hydrogens is 238 g/mol. The summed E-state index contributed by atoms with van der Waals surface area (Å²) in [5.74, 6) is -2.22. The fraction of sp³-hybridized carbons (Fsp3) is 0.750. The summed E-state index contributed by atoms with van der Waals surface area (Å²) in [5.41, 5.74) is -1.14. The molecule has 0 aromatic rings. The first-order valence-electron chi connectivity index (χ1n) is 5.89. The molecule has 0 spiro atoms. The molecule has 18 heavy (non-hydrogen) atoms. The minimum absolute atomic E-state index is 0.167. The molecule has 1 unspecified atom stereocenters. The van der Waals surface area contributed by atoms with Gasteiger partial charge in [0.1, 0.15) is 6.54 Å². The van der Waals surface area contributed by atoms with E-state index in [4.69, 9.17) is 5.11 Å². The van der Waals surface area contributed by atoms with Crippen LogP contribution in [0.25, 0.3) is 0 Å². The third-order valence-corrected chi connectivity index (χ3v) is 3.03. The molecule has 0 aliphatic heterocycles. The van der Waals surface area contributed by atoms with Crippen LogP contribution in [-0.2, 0) is 19.1 Å². The molecule has 0 saturated heterocycles. The van der Waals surface area contributed by atoms with Gasteiger partial charge in [0.25, 0.3) is 0 Å². The summed E-state index contributed by atoms with van der Waals surface area (Å²) >= 11 is 0. The van der Waals surface area contributed by atoms with Gasteiger partial charge in [-0.15, -0.1) is 0 Å². The van der Waals surface area contributed by atoms with Crippen LogP contribution in [0.15, 0.2) is 0 Å². The summed E-state index contributed by atoms with van der Waals surface area (Å²) in [4.78, 5) is 33.8. The Hall–Kier alpha value is -1.59. The lowest BCUT2D eigenvalue weighted by Crippen LogP contribution is -2.40. The average molecular weight is 259 g/mol. The SMILES string of the molecule is CCOC(=O)CNC(=O)CC(C)(C(=O)O)C(C)C. The molecule has 0 rings (SSSR count). The number of carboxylic acid groups (broad SMARTS) is 1. The van der Waals surface area contributed by atoms with Crippen LogP contribution in [0.5, 0.6) is 0 Å². The molecule has 0 aliphatic rings. The van der Waals surface area contributed by atoms with E-state index in [0.29, 0.717) is 0 Å². The van der Waals surface area contributed by atoms with E-state index >= 15 is 0 Å². The average Bonchev–Trinajstić information content (AvgIpc) is 2.26. The van der Waals surface area contributed by atoms with E-state index in [-0.39, 0.29) is 25.5 Å². The molecule has 0 aliphatic carbocycles. The van der Waals surface area contributed by atoms with Crippen molar-refractivity contribution in [1.82, 2.24) is 5.32 Å². The van der Waals surface area contributed by atoms with Gasteiger partial charge in [0.2, 0.25) is 5.91 Å². The Bertz CT molecular complexity index is 326. The predicted octanol–water partition coefficient (Wildman–Crippen LogP) is 0.803. The first kappa shape index (κ1) is 16.4. The zero-order chi connectivity index (χ0) is 14.3. The normalized spacial score (nSPS) is 13.8. The molecule has 0 bridgehead atoms. The second-order valence-electron chi connectivity index (χ2n) is 4.64. The van der Waals surface area contributed by atoms with Crippen molar-refractivity contribution in [1.29, 1.82) is 0 Å². The van der Waals surface area contributed by atoms with Gasteiger partial charge < -0.3 is 15.2 Å². The summed E-state index contributed by atoms with van der Waals surface area (Å²) in [6.45, 7) is 6.68. The standard InChI is InChI=1S/C12H21NO5/c1-5-18-10(15)7-13-9(14)6-12(4,8(2)3)11(16)17/h8H,5-7H2,1-4H3,(H,13,14)(H,16,17). The molecule has 0 aromatic carbocycles. The largest absolute Gasteiger partial charge is 0.481 e. The van der Waals surface area contributed by atoms with Gasteiger partial charge in [0.15, 0.2) is 0 Å². The number of nitrogens with one attached hydrogen (secondary N) is 1. The maximum atomic E-state index is 11.6. The monoisotopic (exact) mass is 259 g/mol. The van der Waals surface area contributed by atoms with Crippen LogP contribution in [0, 0.1) is 11.3 Å². The predicted molar refractivity (Wildman–Crippen MR) is 64.8 cm³/mol. The second-order valence-corrected chi connectivity index (χ2v) is 4.64. The lowest BCUT2D eigenvalue weighted by molar-refractivity contribution is -0.153. The topological polar surface area (TPSA) is 92.7 Å². The number of rotatable bonds is 7. The van der Waals surface area contributed by atoms with Crippen molar-refractivity contribution >= 4 is 17.8 Å². The number of carbonyl (C=O) groups is 3. The van der Waals surface area contributed by atoms with Gasteiger partial charge in [-0.25, -0.2) is 0 Å². The molecule has 0 fully saturated rings. The fourth-order valence-electron chi connectivity index (χ4n) is 1.31. The van der Waals surface area contributed by atoms with Crippen molar-refractivity contribution in [3.63, 3.8) is 0 Å². The molecule has 1 amide bonds. The lowest BCUT2D eigenvalue weighted by Gasteiger charge is -2.28. The van der Waals surface area contributed by atoms with Gasteiger partial charge >= 0.3 is 11.9 Å². The third-order valence-electron chi connectivity index (χ3n) is 3.03. The Labute approximate surface area is 107 Å². The Morgan fingerprint density at radius 1 is 1.33 bits per heavy atom. The van der Waals surface area contributed by atoms with Crippen LogP contribution in [0.1, 0.15) is 34.1 Å². The molecule has 0 aromatic heterocycles. The van der Waals surface area contributed by atoms with Gasteiger partial charge in [0.05, 0.1) is 12.0 Å². The molecule has 6 heteroatoms. The van der Waals surface area contributed by atoms with Gasteiger partial charge in [0, 0.05) is 6.42 Å². The van der Waals surface area contributed by atoms with Gasteiger partial charge in [-0.1, -0.05) is 13.8 Å². The van der Waals surface area contributed by atoms with Crippen LogP contribution in [0.4, 0.5) is 0 Å². The smallest absolute Gasteiger partial charge is 0.325 e. The summed E-state index contributed by atoms with van der Waals surface area (Å²) in [6, 6.07) is 0. The number of hydrogen-bond acceptors (Lipinski definition) is 4.